The molecule has 6 heteroatoms. The zero-order chi connectivity index (χ0) is 22.1. The van der Waals surface area contributed by atoms with Gasteiger partial charge in [-0.05, 0) is 29.8 Å². The van der Waals surface area contributed by atoms with Crippen molar-refractivity contribution in [2.75, 3.05) is 0 Å². The van der Waals surface area contributed by atoms with Crippen LogP contribution in [0.15, 0.2) is 101 Å². The van der Waals surface area contributed by atoms with Gasteiger partial charge in [0.25, 0.3) is 0 Å². The van der Waals surface area contributed by atoms with Crippen molar-refractivity contribution in [1.82, 2.24) is 14.8 Å². The molecule has 0 radical (unpaired) electrons. The Morgan fingerprint density at radius 3 is 2.22 bits per heavy atom. The fourth-order valence-electron chi connectivity index (χ4n) is 4.02. The number of benzene rings is 3. The Morgan fingerprint density at radius 2 is 1.56 bits per heavy atom. The van der Waals surface area contributed by atoms with E-state index in [2.05, 4.69) is 15.9 Å². The number of carbonyl (C=O) groups excluding carboxylic acids is 1. The van der Waals surface area contributed by atoms with Crippen molar-refractivity contribution >= 4 is 27.5 Å². The van der Waals surface area contributed by atoms with E-state index >= 15 is 0 Å². The summed E-state index contributed by atoms with van der Waals surface area (Å²) in [5.41, 5.74) is 5.72. The van der Waals surface area contributed by atoms with Crippen LogP contribution in [-0.4, -0.2) is 26.4 Å². The lowest BCUT2D eigenvalue weighted by atomic mass is 9.96. The molecule has 1 amide bonds. The van der Waals surface area contributed by atoms with E-state index in [1.165, 1.54) is 0 Å². The van der Waals surface area contributed by atoms with E-state index in [-0.39, 0.29) is 11.9 Å². The number of hydrogen-bond donors (Lipinski definition) is 0. The number of nitrogens with zero attached hydrogens (tertiary/aromatic N) is 4. The van der Waals surface area contributed by atoms with E-state index in [1.807, 2.05) is 95.8 Å². The lowest BCUT2D eigenvalue weighted by Gasteiger charge is -2.20. The minimum absolute atomic E-state index is 0.0893. The van der Waals surface area contributed by atoms with Gasteiger partial charge in [-0.3, -0.25) is 4.79 Å². The summed E-state index contributed by atoms with van der Waals surface area (Å²) in [5.74, 6) is -0.0893. The first-order chi connectivity index (χ1) is 15.6. The second-order valence-corrected chi connectivity index (χ2v) is 8.63. The number of amides is 1. The summed E-state index contributed by atoms with van der Waals surface area (Å²) in [6, 6.07) is 27.9. The molecular formula is C26H21BrN4O. The summed E-state index contributed by atoms with van der Waals surface area (Å²) in [7, 11) is 0. The molecule has 0 N–H and O–H groups in total. The van der Waals surface area contributed by atoms with Crippen molar-refractivity contribution in [2.45, 2.75) is 19.4 Å². The maximum Gasteiger partial charge on any atom is 0.240 e. The summed E-state index contributed by atoms with van der Waals surface area (Å²) in [5, 5.41) is 11.2. The van der Waals surface area contributed by atoms with Crippen LogP contribution in [0, 0.1) is 0 Å². The maximum absolute atomic E-state index is 12.6. The predicted molar refractivity (Wildman–Crippen MR) is 130 cm³/mol. The molecule has 2 heterocycles. The largest absolute Gasteiger partial charge is 0.273 e. The number of carbonyl (C=O) groups is 1. The molecule has 0 spiro atoms. The maximum atomic E-state index is 12.6. The predicted octanol–water partition coefficient (Wildman–Crippen LogP) is 6.00. The quantitative estimate of drug-likeness (QED) is 0.356. The van der Waals surface area contributed by atoms with Gasteiger partial charge in [0.1, 0.15) is 0 Å². The summed E-state index contributed by atoms with van der Waals surface area (Å²) < 4.78 is 2.89. The number of para-hydroxylation sites is 1. The molecule has 5 nitrogen and oxygen atoms in total. The highest BCUT2D eigenvalue weighted by Gasteiger charge is 2.34. The Labute approximate surface area is 195 Å². The highest BCUT2D eigenvalue weighted by Crippen LogP contribution is 2.38. The topological polar surface area (TPSA) is 50.5 Å². The van der Waals surface area contributed by atoms with Crippen LogP contribution in [0.3, 0.4) is 0 Å². The second kappa shape index (κ2) is 8.55. The number of aromatic nitrogens is 2. The van der Waals surface area contributed by atoms with Gasteiger partial charge in [0, 0.05) is 35.1 Å². The molecule has 0 unspecified atom stereocenters. The summed E-state index contributed by atoms with van der Waals surface area (Å²) in [6.07, 6.45) is 2.65. The zero-order valence-corrected chi connectivity index (χ0v) is 19.1. The minimum atomic E-state index is -0.223. The average Bonchev–Trinajstić information content (AvgIpc) is 3.46. The highest BCUT2D eigenvalue weighted by molar-refractivity contribution is 9.10. The Kier molecular flexibility index (Phi) is 5.45. The van der Waals surface area contributed by atoms with E-state index in [9.17, 15) is 4.79 Å². The standard InChI is InChI=1S/C26H21BrN4O/c1-18(32)31-25(16-24(28-31)19-12-14-21(27)15-13-19)23-17-30(22-10-6-3-7-11-22)29-26(23)20-8-4-2-5-9-20/h2-15,17,25H,16H2,1H3/t25-/m0/s1. The Bertz CT molecular complexity index is 1280. The summed E-state index contributed by atoms with van der Waals surface area (Å²) in [4.78, 5) is 12.6. The smallest absolute Gasteiger partial charge is 0.240 e. The third-order valence-electron chi connectivity index (χ3n) is 5.58. The molecule has 1 aliphatic rings. The monoisotopic (exact) mass is 484 g/mol. The van der Waals surface area contributed by atoms with Gasteiger partial charge in [-0.15, -0.1) is 0 Å². The lowest BCUT2D eigenvalue weighted by molar-refractivity contribution is -0.130. The van der Waals surface area contributed by atoms with Crippen LogP contribution in [0.2, 0.25) is 0 Å². The molecule has 32 heavy (non-hydrogen) atoms. The first-order valence-electron chi connectivity index (χ1n) is 10.4. The molecule has 1 atom stereocenters. The molecular weight excluding hydrogens is 464 g/mol. The Balaban J connectivity index is 1.60. The average molecular weight is 485 g/mol. The fraction of sp³-hybridized carbons (Fsp3) is 0.115. The van der Waals surface area contributed by atoms with Gasteiger partial charge in [-0.1, -0.05) is 76.6 Å². The summed E-state index contributed by atoms with van der Waals surface area (Å²) in [6.45, 7) is 1.56. The molecule has 158 valence electrons. The molecule has 1 aliphatic heterocycles. The van der Waals surface area contributed by atoms with Gasteiger partial charge in [0.15, 0.2) is 0 Å². The van der Waals surface area contributed by atoms with Crippen molar-refractivity contribution in [3.8, 4) is 16.9 Å². The molecule has 1 aromatic heterocycles. The highest BCUT2D eigenvalue weighted by atomic mass is 79.9. The van der Waals surface area contributed by atoms with E-state index in [1.54, 1.807) is 11.9 Å². The van der Waals surface area contributed by atoms with Crippen LogP contribution in [0.1, 0.15) is 30.5 Å². The van der Waals surface area contributed by atoms with E-state index < -0.39 is 0 Å². The first kappa shape index (κ1) is 20.4. The summed E-state index contributed by atoms with van der Waals surface area (Å²) >= 11 is 3.48. The lowest BCUT2D eigenvalue weighted by Crippen LogP contribution is -2.24. The number of hydrogen-bond acceptors (Lipinski definition) is 3. The number of halogens is 1. The van der Waals surface area contributed by atoms with Gasteiger partial charge in [0.05, 0.1) is 23.1 Å². The van der Waals surface area contributed by atoms with Crippen molar-refractivity contribution in [1.29, 1.82) is 0 Å². The SMILES string of the molecule is CC(=O)N1N=C(c2ccc(Br)cc2)C[C@H]1c1cn(-c2ccccc2)nc1-c1ccccc1. The van der Waals surface area contributed by atoms with Crippen molar-refractivity contribution in [3.63, 3.8) is 0 Å². The first-order valence-corrected chi connectivity index (χ1v) is 11.2. The van der Waals surface area contributed by atoms with E-state index in [4.69, 9.17) is 10.2 Å². The molecule has 0 aliphatic carbocycles. The van der Waals surface area contributed by atoms with Crippen LogP contribution in [-0.2, 0) is 4.79 Å². The van der Waals surface area contributed by atoms with Gasteiger partial charge >= 0.3 is 0 Å². The van der Waals surface area contributed by atoms with Crippen LogP contribution in [0.25, 0.3) is 16.9 Å². The molecule has 0 saturated carbocycles. The molecule has 0 bridgehead atoms. The molecule has 3 aromatic carbocycles. The Hall–Kier alpha value is -3.51. The van der Waals surface area contributed by atoms with Crippen LogP contribution in [0.4, 0.5) is 0 Å². The number of hydrazone groups is 1. The van der Waals surface area contributed by atoms with Gasteiger partial charge in [0.2, 0.25) is 5.91 Å². The number of rotatable bonds is 4. The molecule has 4 aromatic rings. The molecule has 0 saturated heterocycles. The van der Waals surface area contributed by atoms with Crippen LogP contribution < -0.4 is 0 Å². The molecule has 5 rings (SSSR count). The van der Waals surface area contributed by atoms with Crippen LogP contribution >= 0.6 is 15.9 Å². The second-order valence-electron chi connectivity index (χ2n) is 7.72. The zero-order valence-electron chi connectivity index (χ0n) is 17.5. The minimum Gasteiger partial charge on any atom is -0.273 e. The van der Waals surface area contributed by atoms with E-state index in [0.717, 1.165) is 38.3 Å². The third-order valence-corrected chi connectivity index (χ3v) is 6.11. The Morgan fingerprint density at radius 1 is 0.906 bits per heavy atom. The van der Waals surface area contributed by atoms with Crippen molar-refractivity contribution < 1.29 is 4.79 Å². The van der Waals surface area contributed by atoms with Crippen molar-refractivity contribution in [3.05, 3.63) is 107 Å². The van der Waals surface area contributed by atoms with Gasteiger partial charge in [-0.2, -0.15) is 10.2 Å². The van der Waals surface area contributed by atoms with Gasteiger partial charge in [-0.25, -0.2) is 9.69 Å². The third kappa shape index (κ3) is 3.89. The van der Waals surface area contributed by atoms with Crippen molar-refractivity contribution in [2.24, 2.45) is 5.10 Å². The fourth-order valence-corrected chi connectivity index (χ4v) is 4.29. The van der Waals surface area contributed by atoms with Crippen LogP contribution in [0.5, 0.6) is 0 Å². The van der Waals surface area contributed by atoms with E-state index in [0.29, 0.717) is 6.42 Å². The van der Waals surface area contributed by atoms with Gasteiger partial charge < -0.3 is 0 Å². The molecule has 0 fully saturated rings. The normalized spacial score (nSPS) is 15.6.